The number of thiocyanates is 1. The quantitative estimate of drug-likeness (QED) is 0.384. The SMILES string of the molecule is CC(=O)/C(SC#N)=C(/C)Nc1ccc([N+](=O)[O-])cc1. The standard InChI is InChI=1S/C12H11N3O3S/c1-8(12(9(2)16)19-7-13)14-10-3-5-11(6-4-10)15(17)18/h3-6,14H,1-2H3/b12-8+. The van der Waals surface area contributed by atoms with Gasteiger partial charge in [0.25, 0.3) is 5.69 Å². The Labute approximate surface area is 114 Å². The number of carbonyl (C=O) groups excluding carboxylic acids is 1. The number of rotatable bonds is 5. The molecular weight excluding hydrogens is 266 g/mol. The van der Waals surface area contributed by atoms with Crippen molar-refractivity contribution in [2.24, 2.45) is 0 Å². The molecule has 0 saturated heterocycles. The van der Waals surface area contributed by atoms with Crippen molar-refractivity contribution in [1.29, 1.82) is 5.26 Å². The van der Waals surface area contributed by atoms with Crippen molar-refractivity contribution >= 4 is 28.9 Å². The van der Waals surface area contributed by atoms with E-state index in [1.54, 1.807) is 6.92 Å². The van der Waals surface area contributed by atoms with Gasteiger partial charge in [-0.3, -0.25) is 14.9 Å². The fraction of sp³-hybridized carbons (Fsp3) is 0.167. The predicted molar refractivity (Wildman–Crippen MR) is 73.3 cm³/mol. The smallest absolute Gasteiger partial charge is 0.269 e. The molecule has 1 aromatic carbocycles. The Morgan fingerprint density at radius 3 is 2.37 bits per heavy atom. The molecule has 0 unspecified atom stereocenters. The average molecular weight is 277 g/mol. The summed E-state index contributed by atoms with van der Waals surface area (Å²) in [6.07, 6.45) is 0. The fourth-order valence-corrected chi connectivity index (χ4v) is 1.84. The second-order valence-corrected chi connectivity index (χ2v) is 4.43. The summed E-state index contributed by atoms with van der Waals surface area (Å²) in [6, 6.07) is 5.80. The van der Waals surface area contributed by atoms with E-state index >= 15 is 0 Å². The van der Waals surface area contributed by atoms with Crippen molar-refractivity contribution in [2.75, 3.05) is 5.32 Å². The van der Waals surface area contributed by atoms with Crippen LogP contribution in [0.3, 0.4) is 0 Å². The first-order valence-corrected chi connectivity index (χ1v) is 6.06. The number of nitriles is 1. The van der Waals surface area contributed by atoms with Gasteiger partial charge in [0.2, 0.25) is 0 Å². The normalized spacial score (nSPS) is 11.2. The third kappa shape index (κ3) is 4.12. The number of carbonyl (C=O) groups is 1. The summed E-state index contributed by atoms with van der Waals surface area (Å²) < 4.78 is 0. The Hall–Kier alpha value is -2.33. The van der Waals surface area contributed by atoms with E-state index in [-0.39, 0.29) is 11.5 Å². The van der Waals surface area contributed by atoms with Crippen LogP contribution >= 0.6 is 11.8 Å². The van der Waals surface area contributed by atoms with Crippen LogP contribution in [0.5, 0.6) is 0 Å². The number of nitro benzene ring substituents is 1. The van der Waals surface area contributed by atoms with Crippen LogP contribution in [0.2, 0.25) is 0 Å². The number of hydrogen-bond acceptors (Lipinski definition) is 6. The summed E-state index contributed by atoms with van der Waals surface area (Å²) in [5, 5.41) is 23.9. The first-order chi connectivity index (χ1) is 8.95. The molecule has 0 radical (unpaired) electrons. The third-order valence-corrected chi connectivity index (χ3v) is 3.11. The molecule has 0 bridgehead atoms. The largest absolute Gasteiger partial charge is 0.358 e. The maximum Gasteiger partial charge on any atom is 0.269 e. The van der Waals surface area contributed by atoms with Crippen LogP contribution in [0.1, 0.15) is 13.8 Å². The third-order valence-electron chi connectivity index (χ3n) is 2.22. The van der Waals surface area contributed by atoms with E-state index in [1.807, 2.05) is 5.40 Å². The van der Waals surface area contributed by atoms with Gasteiger partial charge in [-0.05, 0) is 37.7 Å². The van der Waals surface area contributed by atoms with Gasteiger partial charge >= 0.3 is 0 Å². The number of nitrogens with zero attached hydrogens (tertiary/aromatic N) is 2. The Bertz CT molecular complexity index is 573. The molecule has 1 N–H and O–H groups in total. The first kappa shape index (κ1) is 14.7. The average Bonchev–Trinajstić information content (AvgIpc) is 2.36. The lowest BCUT2D eigenvalue weighted by atomic mass is 10.2. The van der Waals surface area contributed by atoms with Crippen molar-refractivity contribution in [3.8, 4) is 5.40 Å². The monoisotopic (exact) mass is 277 g/mol. The summed E-state index contributed by atoms with van der Waals surface area (Å²) in [7, 11) is 0. The number of benzene rings is 1. The molecule has 19 heavy (non-hydrogen) atoms. The van der Waals surface area contributed by atoms with Crippen LogP contribution < -0.4 is 5.32 Å². The minimum absolute atomic E-state index is 0.00891. The molecule has 0 amide bonds. The highest BCUT2D eigenvalue weighted by molar-refractivity contribution is 8.08. The highest BCUT2D eigenvalue weighted by Gasteiger charge is 2.10. The minimum atomic E-state index is -0.487. The molecule has 98 valence electrons. The van der Waals surface area contributed by atoms with Gasteiger partial charge in [-0.25, -0.2) is 0 Å². The summed E-state index contributed by atoms with van der Waals surface area (Å²) in [5.41, 5.74) is 1.14. The van der Waals surface area contributed by atoms with Gasteiger partial charge < -0.3 is 5.32 Å². The molecule has 1 aromatic rings. The summed E-state index contributed by atoms with van der Waals surface area (Å²) in [6.45, 7) is 3.04. The van der Waals surface area contributed by atoms with Gasteiger partial charge in [0.15, 0.2) is 5.78 Å². The number of nitrogens with one attached hydrogen (secondary N) is 1. The highest BCUT2D eigenvalue weighted by atomic mass is 32.2. The number of non-ortho nitro benzene ring substituents is 1. The molecule has 0 fully saturated rings. The van der Waals surface area contributed by atoms with E-state index in [0.717, 1.165) is 11.8 Å². The minimum Gasteiger partial charge on any atom is -0.358 e. The van der Waals surface area contributed by atoms with Crippen molar-refractivity contribution in [1.82, 2.24) is 0 Å². The van der Waals surface area contributed by atoms with Gasteiger partial charge in [0, 0.05) is 23.5 Å². The number of nitro groups is 1. The molecular formula is C12H11N3O3S. The molecule has 0 spiro atoms. The lowest BCUT2D eigenvalue weighted by Crippen LogP contribution is -2.04. The van der Waals surface area contributed by atoms with E-state index < -0.39 is 4.92 Å². The molecule has 6 nitrogen and oxygen atoms in total. The number of Topliss-reactive ketones (excluding diaryl/α,β-unsaturated/α-hetero) is 1. The van der Waals surface area contributed by atoms with Gasteiger partial charge in [-0.2, -0.15) is 5.26 Å². The molecule has 1 rings (SSSR count). The molecule has 0 aliphatic carbocycles. The number of hydrogen-bond donors (Lipinski definition) is 1. The lowest BCUT2D eigenvalue weighted by molar-refractivity contribution is -0.384. The van der Waals surface area contributed by atoms with Crippen LogP contribution in [-0.4, -0.2) is 10.7 Å². The van der Waals surface area contributed by atoms with Gasteiger partial charge in [0.1, 0.15) is 5.40 Å². The number of anilines is 1. The summed E-state index contributed by atoms with van der Waals surface area (Å²) >= 11 is 0.785. The number of allylic oxidation sites excluding steroid dienone is 2. The van der Waals surface area contributed by atoms with Gasteiger partial charge in [0.05, 0.1) is 9.83 Å². The van der Waals surface area contributed by atoms with Crippen LogP contribution in [0, 0.1) is 20.8 Å². The zero-order valence-electron chi connectivity index (χ0n) is 10.3. The van der Waals surface area contributed by atoms with Crippen molar-refractivity contribution in [3.63, 3.8) is 0 Å². The van der Waals surface area contributed by atoms with E-state index in [9.17, 15) is 14.9 Å². The molecule has 0 aliphatic rings. The molecule has 0 aliphatic heterocycles. The molecule has 0 saturated carbocycles. The van der Waals surface area contributed by atoms with Crippen LogP contribution in [-0.2, 0) is 4.79 Å². The van der Waals surface area contributed by atoms with Crippen molar-refractivity contribution in [3.05, 3.63) is 45.0 Å². The first-order valence-electron chi connectivity index (χ1n) is 5.25. The number of thioether (sulfide) groups is 1. The molecule has 0 aromatic heterocycles. The molecule has 0 heterocycles. The Kier molecular flexibility index (Phi) is 5.09. The molecule has 0 atom stereocenters. The predicted octanol–water partition coefficient (Wildman–Crippen LogP) is 3.04. The van der Waals surface area contributed by atoms with E-state index in [0.29, 0.717) is 16.3 Å². The van der Waals surface area contributed by atoms with E-state index in [1.165, 1.54) is 31.2 Å². The maximum absolute atomic E-state index is 11.3. The lowest BCUT2D eigenvalue weighted by Gasteiger charge is -2.09. The zero-order valence-corrected chi connectivity index (χ0v) is 11.2. The molecule has 7 heteroatoms. The van der Waals surface area contributed by atoms with Gasteiger partial charge in [-0.15, -0.1) is 0 Å². The van der Waals surface area contributed by atoms with Crippen LogP contribution in [0.4, 0.5) is 11.4 Å². The Balaban J connectivity index is 2.95. The van der Waals surface area contributed by atoms with Crippen LogP contribution in [0.15, 0.2) is 34.9 Å². The van der Waals surface area contributed by atoms with E-state index in [4.69, 9.17) is 5.26 Å². The maximum atomic E-state index is 11.3. The van der Waals surface area contributed by atoms with Crippen LogP contribution in [0.25, 0.3) is 0 Å². The van der Waals surface area contributed by atoms with Crippen molar-refractivity contribution in [2.45, 2.75) is 13.8 Å². The summed E-state index contributed by atoms with van der Waals surface area (Å²) in [4.78, 5) is 21.7. The van der Waals surface area contributed by atoms with E-state index in [2.05, 4.69) is 5.32 Å². The van der Waals surface area contributed by atoms with Crippen molar-refractivity contribution < 1.29 is 9.72 Å². The fourth-order valence-electron chi connectivity index (χ4n) is 1.40. The Morgan fingerprint density at radius 2 is 1.95 bits per heavy atom. The summed E-state index contributed by atoms with van der Waals surface area (Å²) in [5.74, 6) is -0.210. The highest BCUT2D eigenvalue weighted by Crippen LogP contribution is 2.22. The topological polar surface area (TPSA) is 96.0 Å². The number of ketones is 1. The van der Waals surface area contributed by atoms with Gasteiger partial charge in [-0.1, -0.05) is 0 Å². The second-order valence-electron chi connectivity index (χ2n) is 3.63. The Morgan fingerprint density at radius 1 is 1.37 bits per heavy atom. The second kappa shape index (κ2) is 6.56. The zero-order chi connectivity index (χ0) is 14.4.